The van der Waals surface area contributed by atoms with Crippen molar-refractivity contribution in [1.82, 2.24) is 4.90 Å². The Kier molecular flexibility index (Phi) is 4.09. The molecule has 20 heavy (non-hydrogen) atoms. The lowest BCUT2D eigenvalue weighted by Crippen LogP contribution is -2.57. The van der Waals surface area contributed by atoms with Crippen molar-refractivity contribution in [2.45, 2.75) is 46.1 Å². The summed E-state index contributed by atoms with van der Waals surface area (Å²) >= 11 is 0. The number of carboxylic acids is 1. The number of amides is 1. The van der Waals surface area contributed by atoms with Gasteiger partial charge in [0.2, 0.25) is 5.91 Å². The zero-order valence-corrected chi connectivity index (χ0v) is 12.6. The first-order chi connectivity index (χ1) is 9.23. The van der Waals surface area contributed by atoms with E-state index >= 15 is 0 Å². The maximum atomic E-state index is 12.6. The van der Waals surface area contributed by atoms with Crippen molar-refractivity contribution < 1.29 is 14.7 Å². The lowest BCUT2D eigenvalue weighted by molar-refractivity contribution is -0.153. The van der Waals surface area contributed by atoms with Gasteiger partial charge in [0, 0.05) is 31.0 Å². The molecule has 3 unspecified atom stereocenters. The average molecular weight is 282 g/mol. The van der Waals surface area contributed by atoms with Crippen LogP contribution in [0, 0.1) is 23.2 Å². The molecule has 1 saturated heterocycles. The molecule has 114 valence electrons. The first-order valence-corrected chi connectivity index (χ1v) is 7.49. The van der Waals surface area contributed by atoms with Crippen LogP contribution in [0.4, 0.5) is 0 Å². The van der Waals surface area contributed by atoms with E-state index in [-0.39, 0.29) is 35.6 Å². The Labute approximate surface area is 120 Å². The Morgan fingerprint density at radius 3 is 2.45 bits per heavy atom. The number of hydrogen-bond donors (Lipinski definition) is 2. The highest BCUT2D eigenvalue weighted by Crippen LogP contribution is 2.45. The normalized spacial score (nSPS) is 33.6. The number of nitrogens with zero attached hydrogens (tertiary/aromatic N) is 1. The lowest BCUT2D eigenvalue weighted by atomic mass is 9.60. The average Bonchev–Trinajstić information content (AvgIpc) is 2.29. The maximum absolute atomic E-state index is 12.6. The summed E-state index contributed by atoms with van der Waals surface area (Å²) in [5, 5.41) is 8.75. The molecular formula is C15H26N2O3. The monoisotopic (exact) mass is 282 g/mol. The minimum Gasteiger partial charge on any atom is -0.481 e. The van der Waals surface area contributed by atoms with Crippen LogP contribution in [-0.2, 0) is 9.59 Å². The highest BCUT2D eigenvalue weighted by atomic mass is 16.4. The van der Waals surface area contributed by atoms with E-state index in [1.54, 1.807) is 0 Å². The second-order valence-electron chi connectivity index (χ2n) is 7.11. The SMILES string of the molecule is CC1C(N)CCC(C(=O)N2CC(CC(=O)O)C2)C1(C)C. The number of rotatable bonds is 3. The van der Waals surface area contributed by atoms with Crippen LogP contribution in [0.1, 0.15) is 40.0 Å². The topological polar surface area (TPSA) is 83.6 Å². The van der Waals surface area contributed by atoms with Crippen LogP contribution >= 0.6 is 0 Å². The molecule has 5 heteroatoms. The molecule has 0 radical (unpaired) electrons. The Balaban J connectivity index is 1.95. The number of likely N-dealkylation sites (tertiary alicyclic amines) is 1. The molecule has 1 aliphatic heterocycles. The maximum Gasteiger partial charge on any atom is 0.303 e. The molecular weight excluding hydrogens is 256 g/mol. The van der Waals surface area contributed by atoms with Gasteiger partial charge in [0.1, 0.15) is 0 Å². The highest BCUT2D eigenvalue weighted by Gasteiger charge is 2.47. The molecule has 0 aromatic rings. The summed E-state index contributed by atoms with van der Waals surface area (Å²) in [6.45, 7) is 7.59. The molecule has 1 saturated carbocycles. The van der Waals surface area contributed by atoms with Gasteiger partial charge in [-0.3, -0.25) is 9.59 Å². The van der Waals surface area contributed by atoms with Crippen LogP contribution in [0.2, 0.25) is 0 Å². The van der Waals surface area contributed by atoms with Crippen molar-refractivity contribution in [2.75, 3.05) is 13.1 Å². The highest BCUT2D eigenvalue weighted by molar-refractivity contribution is 5.81. The molecule has 5 nitrogen and oxygen atoms in total. The van der Waals surface area contributed by atoms with Gasteiger partial charge in [0.25, 0.3) is 0 Å². The fourth-order valence-electron chi connectivity index (χ4n) is 3.64. The lowest BCUT2D eigenvalue weighted by Gasteiger charge is -2.49. The van der Waals surface area contributed by atoms with Gasteiger partial charge in [0.15, 0.2) is 0 Å². The van der Waals surface area contributed by atoms with Crippen molar-refractivity contribution in [3.8, 4) is 0 Å². The van der Waals surface area contributed by atoms with Crippen molar-refractivity contribution in [2.24, 2.45) is 28.9 Å². The summed E-state index contributed by atoms with van der Waals surface area (Å²) in [6, 6.07) is 0.171. The molecule has 1 amide bonds. The smallest absolute Gasteiger partial charge is 0.303 e. The Morgan fingerprint density at radius 1 is 1.30 bits per heavy atom. The van der Waals surface area contributed by atoms with Gasteiger partial charge in [-0.15, -0.1) is 0 Å². The van der Waals surface area contributed by atoms with Gasteiger partial charge in [0.05, 0.1) is 6.42 Å². The summed E-state index contributed by atoms with van der Waals surface area (Å²) < 4.78 is 0. The van der Waals surface area contributed by atoms with Crippen molar-refractivity contribution in [3.05, 3.63) is 0 Å². The van der Waals surface area contributed by atoms with Crippen molar-refractivity contribution in [1.29, 1.82) is 0 Å². The Bertz CT molecular complexity index is 402. The van der Waals surface area contributed by atoms with E-state index < -0.39 is 5.97 Å². The number of carbonyl (C=O) groups excluding carboxylic acids is 1. The van der Waals surface area contributed by atoms with E-state index in [0.29, 0.717) is 19.0 Å². The van der Waals surface area contributed by atoms with Crippen LogP contribution in [0.15, 0.2) is 0 Å². The molecule has 0 aromatic heterocycles. The minimum atomic E-state index is -0.778. The fourth-order valence-corrected chi connectivity index (χ4v) is 3.64. The molecule has 3 N–H and O–H groups in total. The van der Waals surface area contributed by atoms with E-state index in [1.165, 1.54) is 0 Å². The summed E-state index contributed by atoms with van der Waals surface area (Å²) in [6.07, 6.45) is 1.91. The van der Waals surface area contributed by atoms with Crippen molar-refractivity contribution >= 4 is 11.9 Å². The van der Waals surface area contributed by atoms with E-state index in [1.807, 2.05) is 4.90 Å². The Hall–Kier alpha value is -1.10. The van der Waals surface area contributed by atoms with Gasteiger partial charge < -0.3 is 15.7 Å². The number of carbonyl (C=O) groups is 2. The Morgan fingerprint density at radius 2 is 1.90 bits per heavy atom. The third-order valence-corrected chi connectivity index (χ3v) is 5.53. The molecule has 0 bridgehead atoms. The summed E-state index contributed by atoms with van der Waals surface area (Å²) in [7, 11) is 0. The number of nitrogens with two attached hydrogens (primary N) is 1. The minimum absolute atomic E-state index is 0.0167. The summed E-state index contributed by atoms with van der Waals surface area (Å²) in [5.74, 6) is -0.123. The third-order valence-electron chi connectivity index (χ3n) is 5.53. The predicted octanol–water partition coefficient (Wildman–Crippen LogP) is 1.32. The largest absolute Gasteiger partial charge is 0.481 e. The van der Waals surface area contributed by atoms with Crippen LogP contribution in [0.3, 0.4) is 0 Å². The predicted molar refractivity (Wildman–Crippen MR) is 76.0 cm³/mol. The second kappa shape index (κ2) is 5.35. The third kappa shape index (κ3) is 2.68. The standard InChI is InChI=1S/C15H26N2O3/c1-9-12(16)5-4-11(15(9,2)3)14(20)17-7-10(8-17)6-13(18)19/h9-12H,4-8,16H2,1-3H3,(H,18,19). The van der Waals surface area contributed by atoms with Crippen LogP contribution in [0.5, 0.6) is 0 Å². The van der Waals surface area contributed by atoms with Crippen molar-refractivity contribution in [3.63, 3.8) is 0 Å². The number of carboxylic acid groups (broad SMARTS) is 1. The van der Waals surface area contributed by atoms with Crippen LogP contribution < -0.4 is 5.73 Å². The van der Waals surface area contributed by atoms with E-state index in [2.05, 4.69) is 20.8 Å². The van der Waals surface area contributed by atoms with E-state index in [9.17, 15) is 9.59 Å². The van der Waals surface area contributed by atoms with Crippen LogP contribution in [-0.4, -0.2) is 41.0 Å². The fraction of sp³-hybridized carbons (Fsp3) is 0.867. The van der Waals surface area contributed by atoms with E-state index in [4.69, 9.17) is 10.8 Å². The van der Waals surface area contributed by atoms with Gasteiger partial charge in [-0.1, -0.05) is 20.8 Å². The summed E-state index contributed by atoms with van der Waals surface area (Å²) in [5.41, 5.74) is 6.03. The summed E-state index contributed by atoms with van der Waals surface area (Å²) in [4.78, 5) is 25.1. The number of hydrogen-bond acceptors (Lipinski definition) is 3. The second-order valence-corrected chi connectivity index (χ2v) is 7.11. The van der Waals surface area contributed by atoms with Crippen LogP contribution in [0.25, 0.3) is 0 Å². The van der Waals surface area contributed by atoms with Gasteiger partial charge in [-0.25, -0.2) is 0 Å². The first-order valence-electron chi connectivity index (χ1n) is 7.49. The zero-order valence-electron chi connectivity index (χ0n) is 12.6. The molecule has 1 heterocycles. The van der Waals surface area contributed by atoms with Gasteiger partial charge >= 0.3 is 5.97 Å². The zero-order chi connectivity index (χ0) is 15.1. The molecule has 2 aliphatic rings. The molecule has 2 fully saturated rings. The molecule has 2 rings (SSSR count). The van der Waals surface area contributed by atoms with Gasteiger partial charge in [-0.05, 0) is 24.2 Å². The quantitative estimate of drug-likeness (QED) is 0.817. The first kappa shape index (κ1) is 15.3. The molecule has 3 atom stereocenters. The molecule has 0 aromatic carbocycles. The molecule has 1 aliphatic carbocycles. The molecule has 0 spiro atoms. The van der Waals surface area contributed by atoms with Gasteiger partial charge in [-0.2, -0.15) is 0 Å². The van der Waals surface area contributed by atoms with E-state index in [0.717, 1.165) is 12.8 Å². The number of aliphatic carboxylic acids is 1.